The second-order valence-electron chi connectivity index (χ2n) is 7.55. The third kappa shape index (κ3) is 3.21. The van der Waals surface area contributed by atoms with Crippen LogP contribution in [0.15, 0.2) is 18.3 Å². The number of pyridine rings is 1. The van der Waals surface area contributed by atoms with E-state index in [1.54, 1.807) is 17.4 Å². The Hall–Kier alpha value is -2.06. The quantitative estimate of drug-likeness (QED) is 0.813. The largest absolute Gasteiger partial charge is 0.340 e. The van der Waals surface area contributed by atoms with Gasteiger partial charge in [-0.3, -0.25) is 4.79 Å². The van der Waals surface area contributed by atoms with E-state index < -0.39 is 5.95 Å². The number of nitrogens with zero attached hydrogens (tertiary/aromatic N) is 4. The van der Waals surface area contributed by atoms with Gasteiger partial charge in [-0.25, -0.2) is 9.97 Å². The molecule has 2 fully saturated rings. The topological polar surface area (TPSA) is 61.4 Å². The lowest BCUT2D eigenvalue weighted by Gasteiger charge is -2.35. The minimum Gasteiger partial charge on any atom is -0.340 e. The molecular weight excluding hydrogens is 365 g/mol. The highest BCUT2D eigenvalue weighted by Crippen LogP contribution is 2.38. The number of nitrogens with one attached hydrogen (secondary N) is 1. The van der Waals surface area contributed by atoms with Crippen LogP contribution in [0.4, 0.5) is 9.52 Å². The minimum absolute atomic E-state index is 0.0310. The summed E-state index contributed by atoms with van der Waals surface area (Å²) in [5.41, 5.74) is 1.81. The number of thiazole rings is 1. The van der Waals surface area contributed by atoms with Crippen molar-refractivity contribution in [3.8, 4) is 0 Å². The van der Waals surface area contributed by atoms with Gasteiger partial charge in [0.1, 0.15) is 0 Å². The Bertz CT molecular complexity index is 856. The van der Waals surface area contributed by atoms with E-state index in [-0.39, 0.29) is 12.3 Å². The van der Waals surface area contributed by atoms with E-state index in [1.807, 2.05) is 4.90 Å². The number of carbonyl (C=O) groups excluding carboxylic acids is 1. The van der Waals surface area contributed by atoms with Crippen LogP contribution in [0.3, 0.4) is 0 Å². The molecule has 2 aromatic heterocycles. The van der Waals surface area contributed by atoms with Crippen molar-refractivity contribution in [2.75, 3.05) is 24.5 Å². The van der Waals surface area contributed by atoms with Gasteiger partial charge in [0, 0.05) is 49.2 Å². The van der Waals surface area contributed by atoms with Crippen molar-refractivity contribution in [3.05, 3.63) is 40.4 Å². The number of carbonyl (C=O) groups is 1. The second kappa shape index (κ2) is 6.83. The highest BCUT2D eigenvalue weighted by molar-refractivity contribution is 7.15. The fourth-order valence-electron chi connectivity index (χ4n) is 4.43. The first-order valence-corrected chi connectivity index (χ1v) is 10.3. The zero-order valence-electron chi connectivity index (χ0n) is 15.0. The van der Waals surface area contributed by atoms with Crippen LogP contribution < -0.4 is 10.2 Å². The van der Waals surface area contributed by atoms with Gasteiger partial charge in [0.25, 0.3) is 0 Å². The van der Waals surface area contributed by atoms with Crippen LogP contribution in [0, 0.1) is 5.95 Å². The van der Waals surface area contributed by atoms with E-state index in [4.69, 9.17) is 4.98 Å². The lowest BCUT2D eigenvalue weighted by atomic mass is 10.1. The molecule has 2 unspecified atom stereocenters. The molecule has 2 atom stereocenters. The average Bonchev–Trinajstić information content (AvgIpc) is 3.18. The van der Waals surface area contributed by atoms with E-state index >= 15 is 0 Å². The number of aromatic nitrogens is 2. The molecule has 0 spiro atoms. The summed E-state index contributed by atoms with van der Waals surface area (Å²) in [6, 6.07) is 4.13. The summed E-state index contributed by atoms with van der Waals surface area (Å²) in [4.78, 5) is 26.7. The van der Waals surface area contributed by atoms with Crippen molar-refractivity contribution < 1.29 is 9.18 Å². The lowest BCUT2D eigenvalue weighted by Crippen LogP contribution is -2.51. The predicted molar refractivity (Wildman–Crippen MR) is 101 cm³/mol. The number of halogens is 1. The number of piperazine rings is 1. The number of hydrogen-bond acceptors (Lipinski definition) is 6. The molecule has 5 rings (SSSR count). The van der Waals surface area contributed by atoms with Crippen LogP contribution in [0.25, 0.3) is 0 Å². The predicted octanol–water partition coefficient (Wildman–Crippen LogP) is 1.75. The minimum atomic E-state index is -0.543. The maximum atomic E-state index is 13.3. The van der Waals surface area contributed by atoms with Gasteiger partial charge in [-0.1, -0.05) is 11.3 Å². The van der Waals surface area contributed by atoms with Gasteiger partial charge < -0.3 is 15.1 Å². The zero-order chi connectivity index (χ0) is 18.4. The molecule has 0 aliphatic carbocycles. The summed E-state index contributed by atoms with van der Waals surface area (Å²) in [7, 11) is 0. The highest BCUT2D eigenvalue weighted by Gasteiger charge is 2.39. The van der Waals surface area contributed by atoms with Gasteiger partial charge in [0.15, 0.2) is 5.13 Å². The van der Waals surface area contributed by atoms with Crippen molar-refractivity contribution in [2.24, 2.45) is 0 Å². The van der Waals surface area contributed by atoms with Gasteiger partial charge in [-0.05, 0) is 30.5 Å². The molecule has 8 heteroatoms. The molecule has 1 amide bonds. The third-order valence-corrected chi connectivity index (χ3v) is 6.92. The smallest absolute Gasteiger partial charge is 0.227 e. The highest BCUT2D eigenvalue weighted by atomic mass is 32.1. The maximum absolute atomic E-state index is 13.3. The molecule has 5 heterocycles. The van der Waals surface area contributed by atoms with Crippen LogP contribution in [-0.4, -0.2) is 52.5 Å². The SMILES string of the molecule is O=C(Cc1ccnc(F)c1)N1CCc2nc(N3C4CCC3CNC4)sc2C1. The number of amides is 1. The molecule has 27 heavy (non-hydrogen) atoms. The zero-order valence-corrected chi connectivity index (χ0v) is 15.8. The van der Waals surface area contributed by atoms with Crippen LogP contribution in [0.1, 0.15) is 29.0 Å². The fourth-order valence-corrected chi connectivity index (χ4v) is 5.70. The van der Waals surface area contributed by atoms with Gasteiger partial charge in [0.2, 0.25) is 11.9 Å². The van der Waals surface area contributed by atoms with E-state index in [1.165, 1.54) is 30.0 Å². The molecule has 3 aliphatic rings. The monoisotopic (exact) mass is 387 g/mol. The molecule has 2 bridgehead atoms. The van der Waals surface area contributed by atoms with Crippen molar-refractivity contribution in [3.63, 3.8) is 0 Å². The molecule has 2 aromatic rings. The first-order chi connectivity index (χ1) is 13.2. The molecule has 0 saturated carbocycles. The summed E-state index contributed by atoms with van der Waals surface area (Å²) < 4.78 is 13.3. The van der Waals surface area contributed by atoms with Gasteiger partial charge in [-0.15, -0.1) is 0 Å². The average molecular weight is 387 g/mol. The number of rotatable bonds is 3. The van der Waals surface area contributed by atoms with Crippen molar-refractivity contribution in [1.82, 2.24) is 20.2 Å². The Morgan fingerprint density at radius 1 is 1.33 bits per heavy atom. The molecule has 0 aromatic carbocycles. The van der Waals surface area contributed by atoms with Crippen LogP contribution >= 0.6 is 11.3 Å². The maximum Gasteiger partial charge on any atom is 0.227 e. The normalized spacial score (nSPS) is 24.2. The molecule has 142 valence electrons. The van der Waals surface area contributed by atoms with Crippen molar-refractivity contribution in [1.29, 1.82) is 0 Å². The van der Waals surface area contributed by atoms with E-state index in [0.29, 0.717) is 30.7 Å². The number of fused-ring (bicyclic) bond motifs is 3. The van der Waals surface area contributed by atoms with Crippen LogP contribution in [-0.2, 0) is 24.2 Å². The van der Waals surface area contributed by atoms with E-state index in [9.17, 15) is 9.18 Å². The molecule has 6 nitrogen and oxygen atoms in total. The molecule has 1 N–H and O–H groups in total. The first-order valence-electron chi connectivity index (χ1n) is 9.53. The standard InChI is InChI=1S/C19H22FN5OS/c20-17-7-12(3-5-22-17)8-18(26)24-6-4-15-16(11-24)27-19(23-15)25-13-1-2-14(25)10-21-9-13/h3,5,7,13-14,21H,1-2,4,6,8-11H2. The van der Waals surface area contributed by atoms with Crippen LogP contribution in [0.5, 0.6) is 0 Å². The number of anilines is 1. The Morgan fingerprint density at radius 3 is 2.93 bits per heavy atom. The summed E-state index contributed by atoms with van der Waals surface area (Å²) in [5.74, 6) is -0.512. The Morgan fingerprint density at radius 2 is 2.15 bits per heavy atom. The Kier molecular flexibility index (Phi) is 4.32. The fraction of sp³-hybridized carbons (Fsp3) is 0.526. The van der Waals surface area contributed by atoms with Gasteiger partial charge >= 0.3 is 0 Å². The summed E-state index contributed by atoms with van der Waals surface area (Å²) in [6.07, 6.45) is 4.87. The van der Waals surface area contributed by atoms with Gasteiger partial charge in [-0.2, -0.15) is 4.39 Å². The number of hydrogen-bond donors (Lipinski definition) is 1. The third-order valence-electron chi connectivity index (χ3n) is 5.82. The molecule has 3 aliphatic heterocycles. The molecule has 0 radical (unpaired) electrons. The summed E-state index contributed by atoms with van der Waals surface area (Å²) in [5, 5.41) is 4.63. The summed E-state index contributed by atoms with van der Waals surface area (Å²) >= 11 is 1.74. The van der Waals surface area contributed by atoms with E-state index in [0.717, 1.165) is 30.3 Å². The second-order valence-corrected chi connectivity index (χ2v) is 8.61. The Labute approximate surface area is 161 Å². The van der Waals surface area contributed by atoms with E-state index in [2.05, 4.69) is 15.2 Å². The Balaban J connectivity index is 1.30. The molecule has 2 saturated heterocycles. The lowest BCUT2D eigenvalue weighted by molar-refractivity contribution is -0.131. The van der Waals surface area contributed by atoms with Crippen LogP contribution in [0.2, 0.25) is 0 Å². The molecular formula is C19H22FN5OS. The summed E-state index contributed by atoms with van der Waals surface area (Å²) in [6.45, 7) is 3.36. The van der Waals surface area contributed by atoms with Crippen molar-refractivity contribution in [2.45, 2.75) is 44.3 Å². The van der Waals surface area contributed by atoms with Gasteiger partial charge in [0.05, 0.1) is 18.7 Å². The first kappa shape index (κ1) is 17.1. The van der Waals surface area contributed by atoms with Crippen molar-refractivity contribution >= 4 is 22.4 Å².